The lowest BCUT2D eigenvalue weighted by molar-refractivity contribution is 0.970. The maximum atomic E-state index is 5.73. The highest BCUT2D eigenvalue weighted by Gasteiger charge is 2.07. The van der Waals surface area contributed by atoms with Crippen molar-refractivity contribution in [2.24, 2.45) is 0 Å². The van der Waals surface area contributed by atoms with Crippen LogP contribution in [0.2, 0.25) is 0 Å². The van der Waals surface area contributed by atoms with Crippen molar-refractivity contribution in [2.75, 3.05) is 16.9 Å². The quantitative estimate of drug-likeness (QED) is 0.588. The minimum Gasteiger partial charge on any atom is -0.399 e. The molecule has 1 aromatic heterocycles. The summed E-state index contributed by atoms with van der Waals surface area (Å²) in [7, 11) is 5.53. The van der Waals surface area contributed by atoms with Gasteiger partial charge in [0, 0.05) is 29.5 Å². The van der Waals surface area contributed by atoms with E-state index < -0.39 is 0 Å². The molecular weight excluding hydrogens is 296 g/mol. The highest BCUT2D eigenvalue weighted by atomic mass is 31.0. The van der Waals surface area contributed by atoms with Crippen molar-refractivity contribution in [3.8, 4) is 0 Å². The molecule has 0 bridgehead atoms. The zero-order chi connectivity index (χ0) is 14.8. The average Bonchev–Trinajstić information content (AvgIpc) is 2.83. The summed E-state index contributed by atoms with van der Waals surface area (Å²) in [6.45, 7) is 0.938. The first-order valence-electron chi connectivity index (χ1n) is 6.87. The number of hydrogen-bond acceptors (Lipinski definition) is 2. The van der Waals surface area contributed by atoms with E-state index >= 15 is 0 Å². The lowest BCUT2D eigenvalue weighted by Gasteiger charge is -2.18. The van der Waals surface area contributed by atoms with Crippen LogP contribution in [0.25, 0.3) is 10.9 Å². The number of nitrogens with zero attached hydrogens (tertiary/aromatic N) is 2. The smallest absolute Gasteiger partial charge is 0.0512 e. The molecule has 0 saturated heterocycles. The van der Waals surface area contributed by atoms with Crippen LogP contribution in [-0.2, 0) is 6.42 Å². The Morgan fingerprint density at radius 2 is 1.76 bits per heavy atom. The van der Waals surface area contributed by atoms with Crippen LogP contribution >= 0.6 is 18.8 Å². The van der Waals surface area contributed by atoms with Crippen LogP contribution in [0.5, 0.6) is 0 Å². The molecule has 3 rings (SSSR count). The molecular formula is C16H19N3P2. The second-order valence-electron chi connectivity index (χ2n) is 5.11. The maximum absolute atomic E-state index is 5.73. The minimum atomic E-state index is 0.795. The van der Waals surface area contributed by atoms with Gasteiger partial charge in [0.2, 0.25) is 0 Å². The predicted octanol–water partition coefficient (Wildman–Crippen LogP) is 3.70. The molecule has 3 aromatic rings. The third-order valence-electron chi connectivity index (χ3n) is 3.67. The average molecular weight is 315 g/mol. The molecule has 0 aliphatic heterocycles. The predicted molar refractivity (Wildman–Crippen MR) is 98.7 cm³/mol. The third-order valence-corrected chi connectivity index (χ3v) is 4.65. The van der Waals surface area contributed by atoms with Crippen LogP contribution in [0, 0.1) is 0 Å². The first kappa shape index (κ1) is 14.4. The lowest BCUT2D eigenvalue weighted by Crippen LogP contribution is -2.13. The fraction of sp³-hybridized carbons (Fsp3) is 0.125. The van der Waals surface area contributed by atoms with Crippen LogP contribution in [0.4, 0.5) is 11.4 Å². The standard InChI is InChI=1S/C16H19N3P2/c17-13-5-7-14(8-6-13)18(20)10-9-12-11-19(21)16-4-2-1-3-15(12)16/h1-8,11H,9-10,17,20-21H2. The number of hydrogen-bond donors (Lipinski definition) is 1. The molecule has 5 heteroatoms. The Kier molecular flexibility index (Phi) is 4.14. The Morgan fingerprint density at radius 3 is 2.52 bits per heavy atom. The van der Waals surface area contributed by atoms with Gasteiger partial charge in [-0.25, -0.2) is 0 Å². The number of anilines is 2. The fourth-order valence-electron chi connectivity index (χ4n) is 2.51. The summed E-state index contributed by atoms with van der Waals surface area (Å²) >= 11 is 0. The second kappa shape index (κ2) is 6.05. The minimum absolute atomic E-state index is 0.795. The molecule has 0 saturated carbocycles. The van der Waals surface area contributed by atoms with Crippen molar-refractivity contribution in [1.82, 2.24) is 4.34 Å². The third kappa shape index (κ3) is 3.05. The normalized spacial score (nSPS) is 11.0. The van der Waals surface area contributed by atoms with E-state index in [0.717, 1.165) is 24.3 Å². The molecule has 0 aliphatic rings. The summed E-state index contributed by atoms with van der Waals surface area (Å²) in [6.07, 6.45) is 3.19. The van der Waals surface area contributed by atoms with E-state index in [2.05, 4.69) is 58.3 Å². The SMILES string of the molecule is Nc1ccc(N(P)CCc2cn(P)c3ccccc23)cc1. The molecule has 108 valence electrons. The van der Waals surface area contributed by atoms with Gasteiger partial charge in [-0.3, -0.25) is 0 Å². The molecule has 1 heterocycles. The first-order valence-corrected chi connectivity index (χ1v) is 7.90. The molecule has 2 atom stereocenters. The van der Waals surface area contributed by atoms with Gasteiger partial charge in [-0.1, -0.05) is 18.2 Å². The molecule has 21 heavy (non-hydrogen) atoms. The lowest BCUT2D eigenvalue weighted by atomic mass is 10.1. The zero-order valence-corrected chi connectivity index (χ0v) is 14.0. The Bertz CT molecular complexity index is 750. The van der Waals surface area contributed by atoms with Gasteiger partial charge in [0.15, 0.2) is 0 Å². The molecule has 0 amide bonds. The second-order valence-corrected chi connectivity index (χ2v) is 6.29. The molecule has 2 unspecified atom stereocenters. The van der Waals surface area contributed by atoms with Crippen LogP contribution in [0.1, 0.15) is 5.56 Å². The summed E-state index contributed by atoms with van der Waals surface area (Å²) in [6, 6.07) is 16.4. The van der Waals surface area contributed by atoms with Crippen LogP contribution in [0.3, 0.4) is 0 Å². The number of fused-ring (bicyclic) bond motifs is 1. The van der Waals surface area contributed by atoms with Crippen molar-refractivity contribution < 1.29 is 0 Å². The van der Waals surface area contributed by atoms with Gasteiger partial charge in [-0.05, 0) is 61.1 Å². The van der Waals surface area contributed by atoms with Crippen LogP contribution < -0.4 is 10.4 Å². The Balaban J connectivity index is 1.76. The monoisotopic (exact) mass is 315 g/mol. The number of rotatable bonds is 4. The van der Waals surface area contributed by atoms with Gasteiger partial charge >= 0.3 is 0 Å². The molecule has 0 spiro atoms. The Morgan fingerprint density at radius 1 is 1.05 bits per heavy atom. The molecule has 3 nitrogen and oxygen atoms in total. The van der Waals surface area contributed by atoms with Crippen molar-refractivity contribution in [1.29, 1.82) is 0 Å². The maximum Gasteiger partial charge on any atom is 0.0512 e. The first-order chi connectivity index (χ1) is 10.1. The van der Waals surface area contributed by atoms with Gasteiger partial charge in [0.25, 0.3) is 0 Å². The van der Waals surface area contributed by atoms with Crippen molar-refractivity contribution in [3.05, 3.63) is 60.3 Å². The molecule has 2 aromatic carbocycles. The Hall–Kier alpha value is -1.56. The van der Waals surface area contributed by atoms with Crippen molar-refractivity contribution >= 4 is 41.1 Å². The van der Waals surface area contributed by atoms with Crippen LogP contribution in [0.15, 0.2) is 54.7 Å². The largest absolute Gasteiger partial charge is 0.399 e. The summed E-state index contributed by atoms with van der Waals surface area (Å²) in [5.74, 6) is 0. The fourth-order valence-corrected chi connectivity index (χ4v) is 3.22. The topological polar surface area (TPSA) is 34.2 Å². The number of aromatic nitrogens is 1. The van der Waals surface area contributed by atoms with Crippen molar-refractivity contribution in [3.63, 3.8) is 0 Å². The summed E-state index contributed by atoms with van der Waals surface area (Å²) in [4.78, 5) is 0. The number of nitrogen functional groups attached to an aromatic ring is 1. The molecule has 0 radical (unpaired) electrons. The highest BCUT2D eigenvalue weighted by molar-refractivity contribution is 7.19. The van der Waals surface area contributed by atoms with Gasteiger partial charge in [-0.2, -0.15) is 0 Å². The van der Waals surface area contributed by atoms with E-state index in [-0.39, 0.29) is 0 Å². The summed E-state index contributed by atoms with van der Waals surface area (Å²) in [5.41, 5.74) is 10.3. The zero-order valence-electron chi connectivity index (χ0n) is 11.7. The van der Waals surface area contributed by atoms with E-state index in [1.165, 1.54) is 16.5 Å². The Labute approximate surface area is 129 Å². The van der Waals surface area contributed by atoms with E-state index in [4.69, 9.17) is 5.73 Å². The molecule has 0 fully saturated rings. The summed E-state index contributed by atoms with van der Waals surface area (Å²) < 4.78 is 4.29. The van der Waals surface area contributed by atoms with E-state index in [0.29, 0.717) is 0 Å². The van der Waals surface area contributed by atoms with Gasteiger partial charge in [0.1, 0.15) is 0 Å². The van der Waals surface area contributed by atoms with E-state index in [9.17, 15) is 0 Å². The van der Waals surface area contributed by atoms with E-state index in [1.54, 1.807) is 0 Å². The van der Waals surface area contributed by atoms with Gasteiger partial charge in [-0.15, -0.1) is 0 Å². The molecule has 2 N–H and O–H groups in total. The summed E-state index contributed by atoms with van der Waals surface area (Å²) in [5, 5.41) is 1.32. The van der Waals surface area contributed by atoms with Gasteiger partial charge < -0.3 is 14.7 Å². The van der Waals surface area contributed by atoms with Gasteiger partial charge in [0.05, 0.1) is 5.52 Å². The van der Waals surface area contributed by atoms with Crippen molar-refractivity contribution in [2.45, 2.75) is 6.42 Å². The molecule has 0 aliphatic carbocycles. The number of nitrogens with two attached hydrogens (primary N) is 1. The van der Waals surface area contributed by atoms with Crippen LogP contribution in [-0.4, -0.2) is 10.9 Å². The highest BCUT2D eigenvalue weighted by Crippen LogP contribution is 2.25. The number of para-hydroxylation sites is 1. The van der Waals surface area contributed by atoms with E-state index in [1.807, 2.05) is 24.3 Å². The number of benzene rings is 2.